The summed E-state index contributed by atoms with van der Waals surface area (Å²) in [5.41, 5.74) is 8.04. The summed E-state index contributed by atoms with van der Waals surface area (Å²) in [7, 11) is 0. The minimum absolute atomic E-state index is 0. The third-order valence-electron chi connectivity index (χ3n) is 6.99. The van der Waals surface area contributed by atoms with Crippen molar-refractivity contribution in [3.63, 3.8) is 0 Å². The van der Waals surface area contributed by atoms with Crippen LogP contribution in [0.4, 0.5) is 0 Å². The molecule has 40 heavy (non-hydrogen) atoms. The molecule has 0 aliphatic heterocycles. The summed E-state index contributed by atoms with van der Waals surface area (Å²) in [6.45, 7) is 4.62. The second-order valence-corrected chi connectivity index (χ2v) is 9.36. The topological polar surface area (TPSA) is 102 Å². The van der Waals surface area contributed by atoms with Gasteiger partial charge in [0.2, 0.25) is 0 Å². The van der Waals surface area contributed by atoms with Crippen LogP contribution in [0.1, 0.15) is 30.8 Å². The third kappa shape index (κ3) is 5.01. The highest BCUT2D eigenvalue weighted by Crippen LogP contribution is 2.30. The Kier molecular flexibility index (Phi) is 7.79. The molecule has 0 saturated heterocycles. The molecule has 0 saturated carbocycles. The van der Waals surface area contributed by atoms with Gasteiger partial charge in [0, 0.05) is 28.5 Å². The van der Waals surface area contributed by atoms with Gasteiger partial charge in [-0.2, -0.15) is 0 Å². The number of hydrogen-bond acceptors (Lipinski definition) is 6. The molecule has 4 aromatic heterocycles. The summed E-state index contributed by atoms with van der Waals surface area (Å²) >= 11 is 0. The number of hydrogen-bond donors (Lipinski definition) is 1. The molecule has 0 aliphatic rings. The zero-order chi connectivity index (χ0) is 26.8. The van der Waals surface area contributed by atoms with Crippen molar-refractivity contribution in [1.82, 2.24) is 35.2 Å². The first-order valence-electron chi connectivity index (χ1n) is 13.1. The zero-order valence-corrected chi connectivity index (χ0v) is 23.0. The first-order chi connectivity index (χ1) is 19.2. The number of H-pyrrole nitrogens is 1. The molecule has 0 bridgehead atoms. The zero-order valence-electron chi connectivity index (χ0n) is 22.2. The van der Waals surface area contributed by atoms with E-state index in [1.807, 2.05) is 59.2 Å². The predicted octanol–water partition coefficient (Wildman–Crippen LogP) is 5.90. The second kappa shape index (κ2) is 11.6. The molecule has 0 amide bonds. The molecular weight excluding hydrogens is 522 g/mol. The smallest absolute Gasteiger partial charge is 0.260 e. The number of tetrazole rings is 1. The van der Waals surface area contributed by atoms with E-state index in [-0.39, 0.29) is 18.0 Å². The molecule has 0 unspecified atom stereocenters. The number of nitrogens with zero attached hydrogens (tertiary/aromatic N) is 6. The monoisotopic (exact) mass is 549 g/mol. The van der Waals surface area contributed by atoms with Crippen molar-refractivity contribution in [2.45, 2.75) is 33.2 Å². The lowest BCUT2D eigenvalue weighted by Gasteiger charge is -2.16. The maximum atomic E-state index is 13.9. The van der Waals surface area contributed by atoms with E-state index in [2.05, 4.69) is 63.7 Å². The van der Waals surface area contributed by atoms with Crippen molar-refractivity contribution in [1.29, 1.82) is 0 Å². The first kappa shape index (κ1) is 26.9. The van der Waals surface area contributed by atoms with Crippen LogP contribution in [-0.4, -0.2) is 35.2 Å². The minimum atomic E-state index is -0.0660. The first-order valence-corrected chi connectivity index (χ1v) is 13.1. The Hall–Kier alpha value is -4.69. The van der Waals surface area contributed by atoms with Crippen LogP contribution in [0.5, 0.6) is 0 Å². The fourth-order valence-electron chi connectivity index (χ4n) is 4.99. The van der Waals surface area contributed by atoms with Gasteiger partial charge >= 0.3 is 0 Å². The van der Waals surface area contributed by atoms with E-state index in [9.17, 15) is 4.79 Å². The van der Waals surface area contributed by atoms with Gasteiger partial charge in [0.15, 0.2) is 5.82 Å². The van der Waals surface area contributed by atoms with Crippen molar-refractivity contribution in [2.24, 2.45) is 0 Å². The maximum Gasteiger partial charge on any atom is 0.260 e. The highest BCUT2D eigenvalue weighted by molar-refractivity contribution is 5.86. The molecule has 9 heteroatoms. The molecular formula is C31H28ClN7O. The second-order valence-electron chi connectivity index (χ2n) is 9.36. The lowest BCUT2D eigenvalue weighted by Crippen LogP contribution is -2.24. The van der Waals surface area contributed by atoms with Crippen molar-refractivity contribution in [3.05, 3.63) is 112 Å². The average molecular weight is 550 g/mol. The number of rotatable bonds is 7. The number of aromatic amines is 1. The highest BCUT2D eigenvalue weighted by Gasteiger charge is 2.16. The number of fused-ring (bicyclic) bond motifs is 1. The van der Waals surface area contributed by atoms with E-state index < -0.39 is 0 Å². The number of benzene rings is 2. The Labute approximate surface area is 237 Å². The lowest BCUT2D eigenvalue weighted by atomic mass is 9.98. The van der Waals surface area contributed by atoms with Gasteiger partial charge in [0.1, 0.15) is 0 Å². The summed E-state index contributed by atoms with van der Waals surface area (Å²) in [6.07, 6.45) is 3.29. The van der Waals surface area contributed by atoms with Crippen molar-refractivity contribution >= 4 is 23.3 Å². The fraction of sp³-hybridized carbons (Fsp3) is 0.161. The van der Waals surface area contributed by atoms with Crippen LogP contribution in [0.15, 0.2) is 89.9 Å². The summed E-state index contributed by atoms with van der Waals surface area (Å²) in [6, 6.07) is 25.9. The lowest BCUT2D eigenvalue weighted by molar-refractivity contribution is 0.792. The van der Waals surface area contributed by atoms with Crippen LogP contribution >= 0.6 is 12.4 Å². The largest absolute Gasteiger partial charge is 0.303 e. The number of aromatic nitrogens is 7. The van der Waals surface area contributed by atoms with Gasteiger partial charge in [0.25, 0.3) is 5.56 Å². The summed E-state index contributed by atoms with van der Waals surface area (Å²) in [5, 5.41) is 15.4. The van der Waals surface area contributed by atoms with E-state index >= 15 is 0 Å². The highest BCUT2D eigenvalue weighted by atomic mass is 35.5. The molecule has 2 aromatic carbocycles. The fourth-order valence-corrected chi connectivity index (χ4v) is 4.99. The van der Waals surface area contributed by atoms with Crippen molar-refractivity contribution in [2.75, 3.05) is 0 Å². The van der Waals surface area contributed by atoms with Gasteiger partial charge in [-0.05, 0) is 64.2 Å². The molecule has 0 atom stereocenters. The average Bonchev–Trinajstić information content (AvgIpc) is 3.54. The van der Waals surface area contributed by atoms with Crippen LogP contribution in [0, 0.1) is 0 Å². The van der Waals surface area contributed by atoms with E-state index in [4.69, 9.17) is 4.98 Å². The quantitative estimate of drug-likeness (QED) is 0.266. The van der Waals surface area contributed by atoms with Gasteiger partial charge in [-0.15, -0.1) is 17.5 Å². The van der Waals surface area contributed by atoms with Crippen LogP contribution in [0.25, 0.3) is 44.7 Å². The Morgan fingerprint density at radius 3 is 2.30 bits per heavy atom. The molecule has 0 radical (unpaired) electrons. The molecule has 0 fully saturated rings. The standard InChI is InChI=1S/C31H27N7O.ClH/c1-3-22-17-29-25(27(4-2)33-22)18-26(28-11-7-8-16-32-28)31(39)38(29)19-20-12-14-21(15-13-20)23-9-5-6-10-24(23)30-34-36-37-35-30;/h5-18H,3-4,19H2,1-2H3,(H,34,35,36,37);1H. The molecule has 0 aliphatic carbocycles. The van der Waals surface area contributed by atoms with Crippen molar-refractivity contribution < 1.29 is 0 Å². The third-order valence-corrected chi connectivity index (χ3v) is 6.99. The van der Waals surface area contributed by atoms with E-state index in [1.165, 1.54) is 0 Å². The van der Waals surface area contributed by atoms with E-state index in [0.717, 1.165) is 57.4 Å². The summed E-state index contributed by atoms with van der Waals surface area (Å²) in [4.78, 5) is 23.3. The summed E-state index contributed by atoms with van der Waals surface area (Å²) in [5.74, 6) is 0.617. The minimum Gasteiger partial charge on any atom is -0.303 e. The number of aryl methyl sites for hydroxylation is 2. The van der Waals surface area contributed by atoms with Crippen LogP contribution in [0.3, 0.4) is 0 Å². The molecule has 200 valence electrons. The molecule has 1 N–H and O–H groups in total. The molecule has 8 nitrogen and oxygen atoms in total. The maximum absolute atomic E-state index is 13.9. The van der Waals surface area contributed by atoms with Crippen LogP contribution in [-0.2, 0) is 19.4 Å². The Bertz CT molecular complexity index is 1820. The Morgan fingerprint density at radius 1 is 0.850 bits per heavy atom. The van der Waals surface area contributed by atoms with Gasteiger partial charge in [-0.3, -0.25) is 14.8 Å². The van der Waals surface area contributed by atoms with Gasteiger partial charge in [-0.25, -0.2) is 5.10 Å². The van der Waals surface area contributed by atoms with Gasteiger partial charge in [-0.1, -0.05) is 68.4 Å². The molecule has 6 rings (SSSR count). The number of pyridine rings is 3. The normalized spacial score (nSPS) is 10.9. The Morgan fingerprint density at radius 2 is 1.62 bits per heavy atom. The SMILES string of the molecule is CCc1cc2c(cc(-c3ccccn3)c(=O)n2Cc2ccc(-c3ccccc3-c3nnn[nH]3)cc2)c(CC)n1.Cl. The van der Waals surface area contributed by atoms with Crippen LogP contribution < -0.4 is 5.56 Å². The predicted molar refractivity (Wildman–Crippen MR) is 159 cm³/mol. The number of nitrogens with one attached hydrogen (secondary N) is 1. The summed E-state index contributed by atoms with van der Waals surface area (Å²) < 4.78 is 1.86. The van der Waals surface area contributed by atoms with Gasteiger partial charge in [0.05, 0.1) is 23.3 Å². The van der Waals surface area contributed by atoms with Crippen LogP contribution in [0.2, 0.25) is 0 Å². The molecule has 4 heterocycles. The number of halogens is 1. The van der Waals surface area contributed by atoms with Gasteiger partial charge < -0.3 is 4.57 Å². The van der Waals surface area contributed by atoms with Crippen molar-refractivity contribution in [3.8, 4) is 33.8 Å². The Balaban J connectivity index is 0.00000323. The van der Waals surface area contributed by atoms with E-state index in [0.29, 0.717) is 23.6 Å². The molecule has 0 spiro atoms. The van der Waals surface area contributed by atoms with E-state index in [1.54, 1.807) is 6.20 Å². The molecule has 6 aromatic rings.